The Labute approximate surface area is 206 Å². The third-order valence-corrected chi connectivity index (χ3v) is 6.19. The predicted octanol–water partition coefficient (Wildman–Crippen LogP) is 5.07. The molecule has 0 saturated carbocycles. The molecule has 0 radical (unpaired) electrons. The molecule has 1 unspecified atom stereocenters. The van der Waals surface area contributed by atoms with Gasteiger partial charge in [0.25, 0.3) is 0 Å². The molecular weight excluding hydrogens is 438 g/mol. The second-order valence-corrected chi connectivity index (χ2v) is 8.80. The van der Waals surface area contributed by atoms with E-state index >= 15 is 0 Å². The minimum absolute atomic E-state index is 0.0746. The van der Waals surface area contributed by atoms with Crippen LogP contribution in [0.2, 0.25) is 0 Å². The van der Waals surface area contributed by atoms with E-state index in [4.69, 9.17) is 4.74 Å². The summed E-state index contributed by atoms with van der Waals surface area (Å²) >= 11 is 0. The molecule has 0 fully saturated rings. The number of carbonyl (C=O) groups is 1. The predicted molar refractivity (Wildman–Crippen MR) is 140 cm³/mol. The summed E-state index contributed by atoms with van der Waals surface area (Å²) in [7, 11) is 0. The fourth-order valence-corrected chi connectivity index (χ4v) is 4.37. The van der Waals surface area contributed by atoms with Gasteiger partial charge in [0.1, 0.15) is 12.4 Å². The van der Waals surface area contributed by atoms with E-state index in [1.165, 1.54) is 0 Å². The van der Waals surface area contributed by atoms with E-state index < -0.39 is 5.97 Å². The molecule has 0 bridgehead atoms. The van der Waals surface area contributed by atoms with Crippen LogP contribution in [-0.4, -0.2) is 35.2 Å². The standard InChI is InChI=1S/C29H33N3O3/c1-21(25-11-6-8-14-28(25)35-20-22-9-3-2-4-10-22)30-15-16-31-24(18-29(33)34)17-23-19-32-27-13-7-5-12-26(23)27/h2-14,19,21,24,30-32H,15-18,20H2,1H3,(H,33,34)/t21?,24-/m1/s1. The minimum atomic E-state index is -0.798. The number of fused-ring (bicyclic) bond motifs is 1. The lowest BCUT2D eigenvalue weighted by Gasteiger charge is -2.20. The first kappa shape index (κ1) is 24.5. The van der Waals surface area contributed by atoms with Crippen molar-refractivity contribution >= 4 is 16.9 Å². The van der Waals surface area contributed by atoms with Crippen LogP contribution < -0.4 is 15.4 Å². The number of H-pyrrole nitrogens is 1. The van der Waals surface area contributed by atoms with Crippen LogP contribution in [0.4, 0.5) is 0 Å². The third kappa shape index (κ3) is 6.94. The van der Waals surface area contributed by atoms with E-state index in [9.17, 15) is 9.90 Å². The topological polar surface area (TPSA) is 86.4 Å². The highest BCUT2D eigenvalue weighted by Crippen LogP contribution is 2.25. The number of hydrogen-bond acceptors (Lipinski definition) is 4. The molecule has 2 atom stereocenters. The summed E-state index contributed by atoms with van der Waals surface area (Å²) in [6.45, 7) is 4.01. The SMILES string of the molecule is CC(NCCN[C@@H](CC(=O)O)Cc1c[nH]c2ccccc12)c1ccccc1OCc1ccccc1. The molecule has 4 rings (SSSR count). The quantitative estimate of drug-likeness (QED) is 0.205. The number of carboxylic acid groups (broad SMARTS) is 1. The molecule has 6 nitrogen and oxygen atoms in total. The van der Waals surface area contributed by atoms with Crippen molar-refractivity contribution in [3.63, 3.8) is 0 Å². The molecule has 0 amide bonds. The van der Waals surface area contributed by atoms with Gasteiger partial charge < -0.3 is 25.5 Å². The van der Waals surface area contributed by atoms with Crippen molar-refractivity contribution < 1.29 is 14.6 Å². The zero-order chi connectivity index (χ0) is 24.5. The summed E-state index contributed by atoms with van der Waals surface area (Å²) in [4.78, 5) is 14.7. The van der Waals surface area contributed by atoms with Crippen molar-refractivity contribution in [1.29, 1.82) is 0 Å². The summed E-state index contributed by atoms with van der Waals surface area (Å²) in [5.74, 6) is 0.0700. The largest absolute Gasteiger partial charge is 0.489 e. The van der Waals surface area contributed by atoms with Crippen LogP contribution in [0, 0.1) is 0 Å². The van der Waals surface area contributed by atoms with Gasteiger partial charge in [0.15, 0.2) is 0 Å². The molecule has 0 aliphatic rings. The number of para-hydroxylation sites is 2. The Balaban J connectivity index is 1.30. The Morgan fingerprint density at radius 2 is 1.66 bits per heavy atom. The van der Waals surface area contributed by atoms with Crippen LogP contribution in [0.1, 0.15) is 36.1 Å². The first-order valence-electron chi connectivity index (χ1n) is 12.1. The normalized spacial score (nSPS) is 12.9. The summed E-state index contributed by atoms with van der Waals surface area (Å²) in [5, 5.41) is 17.5. The molecule has 35 heavy (non-hydrogen) atoms. The van der Waals surface area contributed by atoms with Crippen LogP contribution in [0.25, 0.3) is 10.9 Å². The van der Waals surface area contributed by atoms with Gasteiger partial charge >= 0.3 is 5.97 Å². The fourth-order valence-electron chi connectivity index (χ4n) is 4.37. The lowest BCUT2D eigenvalue weighted by molar-refractivity contribution is -0.137. The summed E-state index contributed by atoms with van der Waals surface area (Å²) in [6.07, 6.45) is 2.71. The zero-order valence-electron chi connectivity index (χ0n) is 20.0. The van der Waals surface area contributed by atoms with E-state index in [1.807, 2.05) is 60.8 Å². The average Bonchev–Trinajstić information content (AvgIpc) is 3.28. The maximum atomic E-state index is 11.5. The first-order valence-corrected chi connectivity index (χ1v) is 12.1. The number of nitrogens with one attached hydrogen (secondary N) is 3. The van der Waals surface area contributed by atoms with Crippen molar-refractivity contribution in [3.8, 4) is 5.75 Å². The van der Waals surface area contributed by atoms with E-state index in [0.717, 1.165) is 33.3 Å². The molecule has 6 heteroatoms. The van der Waals surface area contributed by atoms with Gasteiger partial charge in [0.2, 0.25) is 0 Å². The Morgan fingerprint density at radius 1 is 0.943 bits per heavy atom. The molecule has 182 valence electrons. The second kappa shape index (κ2) is 12.2. The van der Waals surface area contributed by atoms with E-state index in [1.54, 1.807) is 0 Å². The number of hydrogen-bond donors (Lipinski definition) is 4. The smallest absolute Gasteiger partial charge is 0.304 e. The Bertz CT molecular complexity index is 1220. The van der Waals surface area contributed by atoms with Crippen LogP contribution in [0.3, 0.4) is 0 Å². The van der Waals surface area contributed by atoms with Gasteiger partial charge in [-0.15, -0.1) is 0 Å². The third-order valence-electron chi connectivity index (χ3n) is 6.19. The van der Waals surface area contributed by atoms with Gasteiger partial charge in [0.05, 0.1) is 6.42 Å². The van der Waals surface area contributed by atoms with Crippen LogP contribution in [-0.2, 0) is 17.8 Å². The van der Waals surface area contributed by atoms with Crippen LogP contribution >= 0.6 is 0 Å². The molecule has 0 spiro atoms. The van der Waals surface area contributed by atoms with E-state index in [2.05, 4.69) is 46.8 Å². The zero-order valence-corrected chi connectivity index (χ0v) is 20.0. The summed E-state index contributed by atoms with van der Waals surface area (Å²) in [5.41, 5.74) is 4.43. The van der Waals surface area contributed by atoms with Crippen molar-refractivity contribution in [1.82, 2.24) is 15.6 Å². The molecule has 4 aromatic rings. The second-order valence-electron chi connectivity index (χ2n) is 8.80. The summed E-state index contributed by atoms with van der Waals surface area (Å²) in [6, 6.07) is 26.3. The van der Waals surface area contributed by atoms with Gasteiger partial charge in [-0.25, -0.2) is 0 Å². The maximum Gasteiger partial charge on any atom is 0.304 e. The van der Waals surface area contributed by atoms with Crippen molar-refractivity contribution in [2.24, 2.45) is 0 Å². The number of benzene rings is 3. The highest BCUT2D eigenvalue weighted by atomic mass is 16.5. The Kier molecular flexibility index (Phi) is 8.54. The lowest BCUT2D eigenvalue weighted by atomic mass is 10.0. The van der Waals surface area contributed by atoms with E-state index in [0.29, 0.717) is 26.1 Å². The molecule has 4 N–H and O–H groups in total. The van der Waals surface area contributed by atoms with Crippen LogP contribution in [0.15, 0.2) is 85.1 Å². The van der Waals surface area contributed by atoms with Gasteiger partial charge in [0, 0.05) is 47.8 Å². The van der Waals surface area contributed by atoms with Crippen molar-refractivity contribution in [2.45, 2.75) is 38.5 Å². The molecule has 0 saturated heterocycles. The highest BCUT2D eigenvalue weighted by Gasteiger charge is 2.16. The van der Waals surface area contributed by atoms with Crippen molar-refractivity contribution in [2.75, 3.05) is 13.1 Å². The molecule has 0 aliphatic carbocycles. The minimum Gasteiger partial charge on any atom is -0.489 e. The first-order chi connectivity index (χ1) is 17.1. The Morgan fingerprint density at radius 3 is 2.49 bits per heavy atom. The average molecular weight is 472 g/mol. The molecular formula is C29H33N3O3. The number of rotatable bonds is 13. The van der Waals surface area contributed by atoms with Crippen molar-refractivity contribution in [3.05, 3.63) is 102 Å². The monoisotopic (exact) mass is 471 g/mol. The number of aromatic nitrogens is 1. The lowest BCUT2D eigenvalue weighted by Crippen LogP contribution is -2.38. The van der Waals surface area contributed by atoms with Gasteiger partial charge in [-0.1, -0.05) is 66.7 Å². The van der Waals surface area contributed by atoms with E-state index in [-0.39, 0.29) is 18.5 Å². The molecule has 3 aromatic carbocycles. The molecule has 1 heterocycles. The highest BCUT2D eigenvalue weighted by molar-refractivity contribution is 5.83. The number of aliphatic carboxylic acids is 1. The maximum absolute atomic E-state index is 11.5. The number of aromatic amines is 1. The Hall–Kier alpha value is -3.61. The number of ether oxygens (including phenoxy) is 1. The number of carboxylic acids is 1. The molecule has 1 aromatic heterocycles. The fraction of sp³-hybridized carbons (Fsp3) is 0.276. The molecule has 0 aliphatic heterocycles. The van der Waals surface area contributed by atoms with Gasteiger partial charge in [-0.3, -0.25) is 4.79 Å². The van der Waals surface area contributed by atoms with Gasteiger partial charge in [-0.05, 0) is 36.6 Å². The van der Waals surface area contributed by atoms with Gasteiger partial charge in [-0.2, -0.15) is 0 Å². The summed E-state index contributed by atoms with van der Waals surface area (Å²) < 4.78 is 6.10. The van der Waals surface area contributed by atoms with Crippen LogP contribution in [0.5, 0.6) is 5.75 Å².